The molecule has 1 atom stereocenters. The first-order valence-electron chi connectivity index (χ1n) is 8.88. The molecule has 1 aromatic carbocycles. The molecule has 24 heavy (non-hydrogen) atoms. The standard InChI is InChI=1S/C22H28N2/c1-4-19-15-21(17-24-16-19)22(20-9-6-5-7-10-20)11-8-13-23-14-12-18(2)3/h1,5-7,9-10,15-18,22-23H,8,11-14H2,2-3H3/t22-/m1/s1. The Morgan fingerprint density at radius 2 is 1.83 bits per heavy atom. The van der Waals surface area contributed by atoms with E-state index in [4.69, 9.17) is 6.42 Å². The third-order valence-corrected chi connectivity index (χ3v) is 4.28. The molecular formula is C22H28N2. The number of hydrogen-bond acceptors (Lipinski definition) is 2. The minimum absolute atomic E-state index is 0.346. The van der Waals surface area contributed by atoms with Crippen molar-refractivity contribution in [3.63, 3.8) is 0 Å². The highest BCUT2D eigenvalue weighted by atomic mass is 14.8. The average molecular weight is 320 g/mol. The van der Waals surface area contributed by atoms with Crippen LogP contribution in [0.3, 0.4) is 0 Å². The number of hydrogen-bond donors (Lipinski definition) is 1. The molecule has 0 fully saturated rings. The maximum atomic E-state index is 5.54. The van der Waals surface area contributed by atoms with Crippen LogP contribution in [0.15, 0.2) is 48.8 Å². The summed E-state index contributed by atoms with van der Waals surface area (Å²) in [6, 6.07) is 12.7. The zero-order chi connectivity index (χ0) is 17.2. The molecule has 0 bridgehead atoms. The summed E-state index contributed by atoms with van der Waals surface area (Å²) in [4.78, 5) is 4.32. The number of aromatic nitrogens is 1. The highest BCUT2D eigenvalue weighted by Gasteiger charge is 2.14. The van der Waals surface area contributed by atoms with E-state index in [2.05, 4.69) is 66.5 Å². The van der Waals surface area contributed by atoms with Crippen LogP contribution in [0.1, 0.15) is 55.7 Å². The lowest BCUT2D eigenvalue weighted by molar-refractivity contribution is 0.521. The predicted molar refractivity (Wildman–Crippen MR) is 102 cm³/mol. The summed E-state index contributed by atoms with van der Waals surface area (Å²) in [6.45, 7) is 6.68. The number of pyridine rings is 1. The SMILES string of the molecule is C#Cc1cncc([C@H](CCCNCCC(C)C)c2ccccc2)c1. The summed E-state index contributed by atoms with van der Waals surface area (Å²) >= 11 is 0. The van der Waals surface area contributed by atoms with Gasteiger partial charge in [-0.15, -0.1) is 6.42 Å². The first-order chi connectivity index (χ1) is 11.7. The molecule has 2 nitrogen and oxygen atoms in total. The lowest BCUT2D eigenvalue weighted by atomic mass is 9.88. The van der Waals surface area contributed by atoms with Crippen LogP contribution in [0.2, 0.25) is 0 Å². The molecule has 0 spiro atoms. The van der Waals surface area contributed by atoms with Gasteiger partial charge < -0.3 is 5.32 Å². The molecule has 0 unspecified atom stereocenters. The van der Waals surface area contributed by atoms with Crippen molar-refractivity contribution in [1.29, 1.82) is 0 Å². The third kappa shape index (κ3) is 5.83. The first-order valence-corrected chi connectivity index (χ1v) is 8.88. The minimum atomic E-state index is 0.346. The van der Waals surface area contributed by atoms with Crippen LogP contribution in [-0.2, 0) is 0 Å². The van der Waals surface area contributed by atoms with Gasteiger partial charge in [-0.05, 0) is 55.5 Å². The fraction of sp³-hybridized carbons (Fsp3) is 0.409. The highest BCUT2D eigenvalue weighted by Crippen LogP contribution is 2.29. The van der Waals surface area contributed by atoms with Crippen LogP contribution < -0.4 is 5.32 Å². The van der Waals surface area contributed by atoms with Crippen LogP contribution >= 0.6 is 0 Å². The Balaban J connectivity index is 2.00. The Hall–Kier alpha value is -2.11. The van der Waals surface area contributed by atoms with Crippen molar-refractivity contribution < 1.29 is 0 Å². The molecular weight excluding hydrogens is 292 g/mol. The monoisotopic (exact) mass is 320 g/mol. The van der Waals surface area contributed by atoms with E-state index in [-0.39, 0.29) is 0 Å². The van der Waals surface area contributed by atoms with Gasteiger partial charge in [0.2, 0.25) is 0 Å². The van der Waals surface area contributed by atoms with Gasteiger partial charge in [0, 0.05) is 23.9 Å². The van der Waals surface area contributed by atoms with Crippen LogP contribution in [-0.4, -0.2) is 18.1 Å². The summed E-state index contributed by atoms with van der Waals surface area (Å²) in [5.74, 6) is 3.80. The quantitative estimate of drug-likeness (QED) is 0.539. The summed E-state index contributed by atoms with van der Waals surface area (Å²) in [5, 5.41) is 3.55. The van der Waals surface area contributed by atoms with E-state index in [0.717, 1.165) is 37.4 Å². The van der Waals surface area contributed by atoms with Crippen molar-refractivity contribution in [2.45, 2.75) is 39.0 Å². The van der Waals surface area contributed by atoms with Crippen LogP contribution in [0.5, 0.6) is 0 Å². The second-order valence-corrected chi connectivity index (χ2v) is 6.69. The Bertz CT molecular complexity index is 641. The first kappa shape index (κ1) is 18.2. The zero-order valence-corrected chi connectivity index (χ0v) is 14.8. The Labute approximate surface area is 146 Å². The molecule has 0 amide bonds. The number of nitrogens with zero attached hydrogens (tertiary/aromatic N) is 1. The average Bonchev–Trinajstić information content (AvgIpc) is 2.61. The Kier molecular flexibility index (Phi) is 7.52. The molecule has 1 N–H and O–H groups in total. The molecule has 0 radical (unpaired) electrons. The lowest BCUT2D eigenvalue weighted by Crippen LogP contribution is -2.18. The van der Waals surface area contributed by atoms with Gasteiger partial charge in [-0.1, -0.05) is 50.1 Å². The van der Waals surface area contributed by atoms with Crippen molar-refractivity contribution >= 4 is 0 Å². The molecule has 0 aliphatic carbocycles. The summed E-state index contributed by atoms with van der Waals surface area (Å²) in [5.41, 5.74) is 3.39. The van der Waals surface area contributed by atoms with Gasteiger partial charge in [-0.3, -0.25) is 4.98 Å². The minimum Gasteiger partial charge on any atom is -0.317 e. The van der Waals surface area contributed by atoms with Crippen molar-refractivity contribution in [3.05, 3.63) is 65.5 Å². The van der Waals surface area contributed by atoms with E-state index >= 15 is 0 Å². The van der Waals surface area contributed by atoms with E-state index < -0.39 is 0 Å². The summed E-state index contributed by atoms with van der Waals surface area (Å²) in [7, 11) is 0. The predicted octanol–water partition coefficient (Wildman–Crippen LogP) is 4.61. The summed E-state index contributed by atoms with van der Waals surface area (Å²) in [6.07, 6.45) is 12.7. The second-order valence-electron chi connectivity index (χ2n) is 6.69. The number of nitrogens with one attached hydrogen (secondary N) is 1. The number of rotatable bonds is 9. The topological polar surface area (TPSA) is 24.9 Å². The van der Waals surface area contributed by atoms with Crippen molar-refractivity contribution in [3.8, 4) is 12.3 Å². The van der Waals surface area contributed by atoms with Crippen LogP contribution in [0.25, 0.3) is 0 Å². The Morgan fingerprint density at radius 3 is 2.54 bits per heavy atom. The fourth-order valence-electron chi connectivity index (χ4n) is 2.89. The van der Waals surface area contributed by atoms with Gasteiger partial charge in [0.05, 0.1) is 0 Å². The maximum Gasteiger partial charge on any atom is 0.0429 e. The number of terminal acetylenes is 1. The fourth-order valence-corrected chi connectivity index (χ4v) is 2.89. The molecule has 126 valence electrons. The van der Waals surface area contributed by atoms with Gasteiger partial charge in [0.1, 0.15) is 0 Å². The van der Waals surface area contributed by atoms with Crippen molar-refractivity contribution in [1.82, 2.24) is 10.3 Å². The molecule has 1 heterocycles. The zero-order valence-electron chi connectivity index (χ0n) is 14.8. The van der Waals surface area contributed by atoms with E-state index in [9.17, 15) is 0 Å². The smallest absolute Gasteiger partial charge is 0.0429 e. The van der Waals surface area contributed by atoms with Crippen molar-refractivity contribution in [2.24, 2.45) is 5.92 Å². The van der Waals surface area contributed by atoms with Gasteiger partial charge in [-0.2, -0.15) is 0 Å². The van der Waals surface area contributed by atoms with Gasteiger partial charge in [0.25, 0.3) is 0 Å². The second kappa shape index (κ2) is 9.90. The van der Waals surface area contributed by atoms with E-state index in [1.165, 1.54) is 17.5 Å². The van der Waals surface area contributed by atoms with E-state index in [0.29, 0.717) is 5.92 Å². The molecule has 0 aliphatic heterocycles. The largest absolute Gasteiger partial charge is 0.317 e. The normalized spacial score (nSPS) is 12.1. The molecule has 0 saturated heterocycles. The molecule has 2 aromatic rings. The van der Waals surface area contributed by atoms with Gasteiger partial charge in [0.15, 0.2) is 0 Å². The molecule has 0 saturated carbocycles. The van der Waals surface area contributed by atoms with Gasteiger partial charge in [-0.25, -0.2) is 0 Å². The molecule has 1 aromatic heterocycles. The molecule has 2 rings (SSSR count). The molecule has 2 heteroatoms. The van der Waals surface area contributed by atoms with Crippen molar-refractivity contribution in [2.75, 3.05) is 13.1 Å². The third-order valence-electron chi connectivity index (χ3n) is 4.28. The van der Waals surface area contributed by atoms with Gasteiger partial charge >= 0.3 is 0 Å². The van der Waals surface area contributed by atoms with Crippen LogP contribution in [0, 0.1) is 18.3 Å². The van der Waals surface area contributed by atoms with E-state index in [1.807, 2.05) is 6.20 Å². The summed E-state index contributed by atoms with van der Waals surface area (Å²) < 4.78 is 0. The maximum absolute atomic E-state index is 5.54. The molecule has 0 aliphatic rings. The Morgan fingerprint density at radius 1 is 1.04 bits per heavy atom. The van der Waals surface area contributed by atoms with E-state index in [1.54, 1.807) is 6.20 Å². The lowest BCUT2D eigenvalue weighted by Gasteiger charge is -2.18. The van der Waals surface area contributed by atoms with Crippen LogP contribution in [0.4, 0.5) is 0 Å². The number of benzene rings is 1. The highest BCUT2D eigenvalue weighted by molar-refractivity contribution is 5.37.